The van der Waals surface area contributed by atoms with E-state index in [1.165, 1.54) is 22.5 Å². The van der Waals surface area contributed by atoms with Crippen molar-refractivity contribution in [2.75, 3.05) is 12.4 Å². The highest BCUT2D eigenvalue weighted by molar-refractivity contribution is 7.13. The number of benzene rings is 1. The smallest absolute Gasteiger partial charge is 0.263 e. The fourth-order valence-electron chi connectivity index (χ4n) is 3.00. The second-order valence-electron chi connectivity index (χ2n) is 8.74. The first-order valence-electron chi connectivity index (χ1n) is 10.4. The van der Waals surface area contributed by atoms with Gasteiger partial charge in [-0.3, -0.25) is 4.79 Å². The van der Waals surface area contributed by atoms with E-state index in [-0.39, 0.29) is 11.3 Å². The zero-order valence-corrected chi connectivity index (χ0v) is 20.3. The lowest BCUT2D eigenvalue weighted by Crippen LogP contribution is -2.23. The molecule has 174 valence electrons. The summed E-state index contributed by atoms with van der Waals surface area (Å²) in [7, 11) is 1.67. The molecule has 0 aliphatic heterocycles. The zero-order valence-electron chi connectivity index (χ0n) is 19.5. The van der Waals surface area contributed by atoms with Crippen molar-refractivity contribution in [1.29, 1.82) is 0 Å². The van der Waals surface area contributed by atoms with Crippen molar-refractivity contribution in [3.05, 3.63) is 69.7 Å². The Morgan fingerprint density at radius 3 is 2.64 bits per heavy atom. The van der Waals surface area contributed by atoms with E-state index in [0.717, 1.165) is 27.4 Å². The number of amides is 1. The molecule has 2 heterocycles. The lowest BCUT2D eigenvalue weighted by Gasteiger charge is -2.13. The molecule has 1 aromatic carbocycles. The molecule has 6 N–H and O–H groups in total. The Labute approximate surface area is 197 Å². The number of hydrazine groups is 1. The minimum Gasteiger partial charge on any atom is -0.384 e. The number of hydrogen-bond acceptors (Lipinski definition) is 9. The Hall–Kier alpha value is -3.50. The third-order valence-electron chi connectivity index (χ3n) is 4.70. The van der Waals surface area contributed by atoms with Gasteiger partial charge in [0.2, 0.25) is 5.95 Å². The van der Waals surface area contributed by atoms with Gasteiger partial charge in [0, 0.05) is 30.8 Å². The maximum Gasteiger partial charge on any atom is 0.263 e. The van der Waals surface area contributed by atoms with Crippen molar-refractivity contribution in [3.8, 4) is 11.3 Å². The summed E-state index contributed by atoms with van der Waals surface area (Å²) in [5.74, 6) is 6.14. The van der Waals surface area contributed by atoms with Gasteiger partial charge in [0.05, 0.1) is 23.1 Å². The first kappa shape index (κ1) is 24.1. The van der Waals surface area contributed by atoms with Gasteiger partial charge in [-0.25, -0.2) is 20.8 Å². The van der Waals surface area contributed by atoms with E-state index in [1.54, 1.807) is 19.4 Å². The minimum atomic E-state index is -0.119. The van der Waals surface area contributed by atoms with Gasteiger partial charge in [0.25, 0.3) is 5.91 Å². The van der Waals surface area contributed by atoms with E-state index in [2.05, 4.69) is 46.4 Å². The SMILES string of the molecule is Cc1cc(-c2ccnc(N/C(N)=C/N(C)N)n2)ccc1CNC(=O)c1cnc(C(C)(C)C)s1. The van der Waals surface area contributed by atoms with Crippen molar-refractivity contribution < 1.29 is 4.79 Å². The van der Waals surface area contributed by atoms with E-state index in [9.17, 15) is 4.79 Å². The van der Waals surface area contributed by atoms with Crippen LogP contribution in [0.25, 0.3) is 11.3 Å². The molecular formula is C23H30N8OS. The normalized spacial score (nSPS) is 11.9. The van der Waals surface area contributed by atoms with Gasteiger partial charge in [0.15, 0.2) is 0 Å². The highest BCUT2D eigenvalue weighted by Crippen LogP contribution is 2.27. The van der Waals surface area contributed by atoms with Gasteiger partial charge in [0.1, 0.15) is 10.7 Å². The molecule has 0 bridgehead atoms. The Morgan fingerprint density at radius 2 is 2.00 bits per heavy atom. The van der Waals surface area contributed by atoms with Crippen LogP contribution >= 0.6 is 11.3 Å². The molecule has 0 radical (unpaired) electrons. The molecule has 0 aliphatic rings. The molecule has 33 heavy (non-hydrogen) atoms. The number of aromatic nitrogens is 3. The molecule has 10 heteroatoms. The molecule has 1 amide bonds. The predicted molar refractivity (Wildman–Crippen MR) is 132 cm³/mol. The summed E-state index contributed by atoms with van der Waals surface area (Å²) in [6.07, 6.45) is 4.83. The second-order valence-corrected chi connectivity index (χ2v) is 9.77. The molecule has 0 saturated heterocycles. The predicted octanol–water partition coefficient (Wildman–Crippen LogP) is 3.11. The van der Waals surface area contributed by atoms with Crippen LogP contribution in [0.2, 0.25) is 0 Å². The fraction of sp³-hybridized carbons (Fsp3) is 0.304. The highest BCUT2D eigenvalue weighted by Gasteiger charge is 2.20. The largest absolute Gasteiger partial charge is 0.384 e. The van der Waals surface area contributed by atoms with Crippen LogP contribution in [-0.2, 0) is 12.0 Å². The molecule has 0 spiro atoms. The van der Waals surface area contributed by atoms with Crippen molar-refractivity contribution in [2.45, 2.75) is 39.7 Å². The summed E-state index contributed by atoms with van der Waals surface area (Å²) in [5.41, 5.74) is 9.55. The molecule has 3 aromatic rings. The molecule has 3 rings (SSSR count). The Kier molecular flexibility index (Phi) is 7.29. The average Bonchev–Trinajstić information content (AvgIpc) is 3.23. The van der Waals surface area contributed by atoms with E-state index in [1.807, 2.05) is 31.2 Å². The number of nitrogens with one attached hydrogen (secondary N) is 2. The third-order valence-corrected chi connectivity index (χ3v) is 6.13. The maximum absolute atomic E-state index is 12.6. The number of rotatable bonds is 7. The van der Waals surface area contributed by atoms with Crippen LogP contribution in [-0.4, -0.2) is 32.9 Å². The van der Waals surface area contributed by atoms with Crippen molar-refractivity contribution >= 4 is 23.2 Å². The van der Waals surface area contributed by atoms with E-state index < -0.39 is 0 Å². The minimum absolute atomic E-state index is 0.0746. The summed E-state index contributed by atoms with van der Waals surface area (Å²) in [4.78, 5) is 26.3. The number of carbonyl (C=O) groups is 1. The molecule has 0 saturated carbocycles. The van der Waals surface area contributed by atoms with Crippen molar-refractivity contribution in [3.63, 3.8) is 0 Å². The van der Waals surface area contributed by atoms with Gasteiger partial charge in [-0.15, -0.1) is 11.3 Å². The number of aryl methyl sites for hydroxylation is 1. The number of nitrogens with two attached hydrogens (primary N) is 2. The fourth-order valence-corrected chi connectivity index (χ4v) is 3.89. The average molecular weight is 467 g/mol. The molecular weight excluding hydrogens is 436 g/mol. The van der Waals surface area contributed by atoms with Crippen molar-refractivity contribution in [2.24, 2.45) is 11.6 Å². The monoisotopic (exact) mass is 466 g/mol. The van der Waals surface area contributed by atoms with Crippen molar-refractivity contribution in [1.82, 2.24) is 25.3 Å². The molecule has 0 unspecified atom stereocenters. The van der Waals surface area contributed by atoms with E-state index in [4.69, 9.17) is 11.6 Å². The Balaban J connectivity index is 1.68. The summed E-state index contributed by atoms with van der Waals surface area (Å²) < 4.78 is 0. The quantitative estimate of drug-likeness (QED) is 0.308. The van der Waals surface area contributed by atoms with Crippen LogP contribution in [0.5, 0.6) is 0 Å². The van der Waals surface area contributed by atoms with Crippen LogP contribution in [0.3, 0.4) is 0 Å². The number of anilines is 1. The van der Waals surface area contributed by atoms with Gasteiger partial charge in [-0.2, -0.15) is 0 Å². The number of thiazole rings is 1. The van der Waals surface area contributed by atoms with Gasteiger partial charge >= 0.3 is 0 Å². The number of carbonyl (C=O) groups excluding carboxylic acids is 1. The second kappa shape index (κ2) is 9.97. The Morgan fingerprint density at radius 1 is 1.24 bits per heavy atom. The summed E-state index contributed by atoms with van der Waals surface area (Å²) >= 11 is 1.43. The van der Waals surface area contributed by atoms with Crippen LogP contribution in [0.4, 0.5) is 5.95 Å². The number of hydrogen-bond donors (Lipinski definition) is 4. The first-order chi connectivity index (χ1) is 15.5. The lowest BCUT2D eigenvalue weighted by molar-refractivity contribution is 0.0954. The summed E-state index contributed by atoms with van der Waals surface area (Å²) in [6.45, 7) is 8.68. The van der Waals surface area contributed by atoms with Crippen LogP contribution in [0, 0.1) is 6.92 Å². The topological polar surface area (TPSA) is 135 Å². The highest BCUT2D eigenvalue weighted by atomic mass is 32.1. The van der Waals surface area contributed by atoms with E-state index >= 15 is 0 Å². The standard InChI is InChI=1S/C23H30N8OS/c1-14-10-15(17-8-9-26-22(29-17)30-19(24)13-31(5)25)6-7-16(14)11-27-20(32)18-12-28-21(33-18)23(2,3)4/h6-10,12-13H,11,24-25H2,1-5H3,(H,27,32)(H,26,29,30)/b19-13+. The summed E-state index contributed by atoms with van der Waals surface area (Å²) in [6, 6.07) is 7.82. The molecule has 9 nitrogen and oxygen atoms in total. The van der Waals surface area contributed by atoms with Gasteiger partial charge in [-0.1, -0.05) is 32.9 Å². The van der Waals surface area contributed by atoms with Gasteiger partial charge in [-0.05, 0) is 30.2 Å². The summed E-state index contributed by atoms with van der Waals surface area (Å²) in [5, 5.41) is 8.18. The maximum atomic E-state index is 12.6. The molecule has 2 aromatic heterocycles. The lowest BCUT2D eigenvalue weighted by atomic mass is 9.98. The van der Waals surface area contributed by atoms with E-state index in [0.29, 0.717) is 23.2 Å². The van der Waals surface area contributed by atoms with Gasteiger partial charge < -0.3 is 21.4 Å². The van der Waals surface area contributed by atoms with Crippen LogP contribution < -0.4 is 22.2 Å². The Bertz CT molecular complexity index is 1160. The zero-order chi connectivity index (χ0) is 24.2. The number of nitrogens with zero attached hydrogens (tertiary/aromatic N) is 4. The molecule has 0 fully saturated rings. The third kappa shape index (κ3) is 6.50. The molecule has 0 atom stereocenters. The molecule has 0 aliphatic carbocycles. The first-order valence-corrected chi connectivity index (χ1v) is 11.2. The van der Waals surface area contributed by atoms with Crippen LogP contribution in [0.15, 0.2) is 48.7 Å². The van der Waals surface area contributed by atoms with Crippen LogP contribution in [0.1, 0.15) is 46.6 Å².